The van der Waals surface area contributed by atoms with Gasteiger partial charge in [0, 0.05) is 5.54 Å². The maximum atomic E-state index is 6.67. The van der Waals surface area contributed by atoms with Crippen molar-refractivity contribution < 1.29 is 0 Å². The Bertz CT molecular complexity index is 401. The highest BCUT2D eigenvalue weighted by molar-refractivity contribution is 5.37. The van der Waals surface area contributed by atoms with E-state index in [1.165, 1.54) is 36.8 Å². The van der Waals surface area contributed by atoms with Crippen LogP contribution in [0.15, 0.2) is 24.3 Å². The molecule has 2 fully saturated rings. The fraction of sp³-hybridized carbons (Fsp3) is 0.625. The minimum absolute atomic E-state index is 0.0402. The molecule has 1 aliphatic heterocycles. The Morgan fingerprint density at radius 2 is 1.72 bits per heavy atom. The first-order chi connectivity index (χ1) is 8.80. The highest BCUT2D eigenvalue weighted by atomic mass is 14.9. The van der Waals surface area contributed by atoms with Gasteiger partial charge in [-0.25, -0.2) is 0 Å². The lowest BCUT2D eigenvalue weighted by atomic mass is 9.79. The minimum atomic E-state index is -0.0402. The molecular formula is C16H24N2. The van der Waals surface area contributed by atoms with E-state index in [1.54, 1.807) is 0 Å². The molecule has 3 rings (SSSR count). The molecule has 2 heteroatoms. The largest absolute Gasteiger partial charge is 0.321 e. The summed E-state index contributed by atoms with van der Waals surface area (Å²) in [5.41, 5.74) is 9.60. The Morgan fingerprint density at radius 1 is 1.06 bits per heavy atom. The van der Waals surface area contributed by atoms with Crippen molar-refractivity contribution in [2.75, 3.05) is 13.1 Å². The molecule has 1 aliphatic carbocycles. The zero-order valence-electron chi connectivity index (χ0n) is 11.1. The normalized spacial score (nSPS) is 24.3. The second-order valence-corrected chi connectivity index (χ2v) is 5.97. The first kappa shape index (κ1) is 12.2. The average Bonchev–Trinajstić information content (AvgIpc) is 2.88. The van der Waals surface area contributed by atoms with Gasteiger partial charge in [-0.1, -0.05) is 37.1 Å². The van der Waals surface area contributed by atoms with Gasteiger partial charge in [0.1, 0.15) is 0 Å². The van der Waals surface area contributed by atoms with Crippen LogP contribution in [0.5, 0.6) is 0 Å². The quantitative estimate of drug-likeness (QED) is 0.839. The van der Waals surface area contributed by atoms with Crippen molar-refractivity contribution >= 4 is 0 Å². The molecule has 1 aromatic rings. The van der Waals surface area contributed by atoms with Crippen molar-refractivity contribution in [3.8, 4) is 0 Å². The van der Waals surface area contributed by atoms with Crippen LogP contribution in [0.1, 0.15) is 55.6 Å². The van der Waals surface area contributed by atoms with E-state index < -0.39 is 0 Å². The third-order valence-electron chi connectivity index (χ3n) is 4.77. The van der Waals surface area contributed by atoms with E-state index in [0.29, 0.717) is 5.92 Å². The van der Waals surface area contributed by atoms with Crippen molar-refractivity contribution in [2.24, 2.45) is 5.73 Å². The fourth-order valence-electron chi connectivity index (χ4n) is 3.71. The summed E-state index contributed by atoms with van der Waals surface area (Å²) in [6.45, 7) is 2.30. The van der Waals surface area contributed by atoms with Gasteiger partial charge < -0.3 is 11.1 Å². The van der Waals surface area contributed by atoms with Gasteiger partial charge in [-0.05, 0) is 55.8 Å². The third-order valence-corrected chi connectivity index (χ3v) is 4.77. The Morgan fingerprint density at radius 3 is 2.44 bits per heavy atom. The summed E-state index contributed by atoms with van der Waals surface area (Å²) in [5.74, 6) is 0.712. The molecule has 18 heavy (non-hydrogen) atoms. The monoisotopic (exact) mass is 244 g/mol. The Hall–Kier alpha value is -0.860. The zero-order valence-corrected chi connectivity index (χ0v) is 11.1. The van der Waals surface area contributed by atoms with Crippen LogP contribution in [-0.2, 0) is 5.54 Å². The number of hydrogen-bond donors (Lipinski definition) is 2. The standard InChI is InChI=1S/C16H24N2/c17-16(9-3-4-10-16)15-6-2-1-5-14(15)13-7-11-18-12-8-13/h1-2,5-6,13,18H,3-4,7-12,17H2. The summed E-state index contributed by atoms with van der Waals surface area (Å²) >= 11 is 0. The summed E-state index contributed by atoms with van der Waals surface area (Å²) in [5, 5.41) is 3.45. The van der Waals surface area contributed by atoms with Crippen LogP contribution in [-0.4, -0.2) is 13.1 Å². The molecule has 0 spiro atoms. The molecule has 0 atom stereocenters. The smallest absolute Gasteiger partial charge is 0.0412 e. The van der Waals surface area contributed by atoms with Crippen LogP contribution in [0.25, 0.3) is 0 Å². The molecule has 0 radical (unpaired) electrons. The first-order valence-corrected chi connectivity index (χ1v) is 7.39. The van der Waals surface area contributed by atoms with Gasteiger partial charge in [-0.2, -0.15) is 0 Å². The molecule has 1 saturated heterocycles. The number of benzene rings is 1. The number of hydrogen-bond acceptors (Lipinski definition) is 2. The minimum Gasteiger partial charge on any atom is -0.321 e. The number of rotatable bonds is 2. The van der Waals surface area contributed by atoms with E-state index in [4.69, 9.17) is 5.73 Å². The van der Waals surface area contributed by atoms with Crippen LogP contribution >= 0.6 is 0 Å². The number of piperidine rings is 1. The van der Waals surface area contributed by atoms with Gasteiger partial charge >= 0.3 is 0 Å². The van der Waals surface area contributed by atoms with Gasteiger partial charge in [-0.3, -0.25) is 0 Å². The van der Waals surface area contributed by atoms with Crippen molar-refractivity contribution in [1.82, 2.24) is 5.32 Å². The molecule has 0 bridgehead atoms. The van der Waals surface area contributed by atoms with E-state index in [1.807, 2.05) is 0 Å². The summed E-state index contributed by atoms with van der Waals surface area (Å²) in [4.78, 5) is 0. The highest BCUT2D eigenvalue weighted by Crippen LogP contribution is 2.41. The van der Waals surface area contributed by atoms with Crippen LogP contribution < -0.4 is 11.1 Å². The Kier molecular flexibility index (Phi) is 3.40. The molecule has 3 N–H and O–H groups in total. The molecule has 0 aromatic heterocycles. The van der Waals surface area contributed by atoms with E-state index >= 15 is 0 Å². The van der Waals surface area contributed by atoms with E-state index in [9.17, 15) is 0 Å². The molecule has 0 unspecified atom stereocenters. The molecule has 98 valence electrons. The van der Waals surface area contributed by atoms with Crippen molar-refractivity contribution in [2.45, 2.75) is 50.0 Å². The van der Waals surface area contributed by atoms with Crippen LogP contribution in [0.3, 0.4) is 0 Å². The summed E-state index contributed by atoms with van der Waals surface area (Å²) in [6.07, 6.45) is 7.41. The van der Waals surface area contributed by atoms with Gasteiger partial charge in [0.25, 0.3) is 0 Å². The number of nitrogens with one attached hydrogen (secondary N) is 1. The van der Waals surface area contributed by atoms with Crippen LogP contribution in [0, 0.1) is 0 Å². The zero-order chi connectivity index (χ0) is 12.4. The molecule has 0 amide bonds. The fourth-order valence-corrected chi connectivity index (χ4v) is 3.71. The second-order valence-electron chi connectivity index (χ2n) is 5.97. The molecule has 2 nitrogen and oxygen atoms in total. The topological polar surface area (TPSA) is 38.0 Å². The van der Waals surface area contributed by atoms with Gasteiger partial charge in [0.05, 0.1) is 0 Å². The number of nitrogens with two attached hydrogens (primary N) is 1. The predicted octanol–water partition coefficient (Wildman–Crippen LogP) is 2.88. The summed E-state index contributed by atoms with van der Waals surface area (Å²) in [6, 6.07) is 8.94. The van der Waals surface area contributed by atoms with Gasteiger partial charge in [-0.15, -0.1) is 0 Å². The SMILES string of the molecule is NC1(c2ccccc2C2CCNCC2)CCCC1. The van der Waals surface area contributed by atoms with Gasteiger partial charge in [0.2, 0.25) is 0 Å². The third kappa shape index (κ3) is 2.19. The van der Waals surface area contributed by atoms with Crippen molar-refractivity contribution in [3.05, 3.63) is 35.4 Å². The van der Waals surface area contributed by atoms with Gasteiger partial charge in [0.15, 0.2) is 0 Å². The maximum absolute atomic E-state index is 6.67. The second kappa shape index (κ2) is 5.02. The predicted molar refractivity (Wildman–Crippen MR) is 75.6 cm³/mol. The van der Waals surface area contributed by atoms with E-state index in [-0.39, 0.29) is 5.54 Å². The van der Waals surface area contributed by atoms with E-state index in [2.05, 4.69) is 29.6 Å². The highest BCUT2D eigenvalue weighted by Gasteiger charge is 2.34. The first-order valence-electron chi connectivity index (χ1n) is 7.39. The maximum Gasteiger partial charge on any atom is 0.0412 e. The summed E-state index contributed by atoms with van der Waals surface area (Å²) < 4.78 is 0. The molecular weight excluding hydrogens is 220 g/mol. The molecule has 1 aromatic carbocycles. The van der Waals surface area contributed by atoms with Crippen LogP contribution in [0.4, 0.5) is 0 Å². The Balaban J connectivity index is 1.93. The van der Waals surface area contributed by atoms with Crippen LogP contribution in [0.2, 0.25) is 0 Å². The lowest BCUT2D eigenvalue weighted by molar-refractivity contribution is 0.426. The average molecular weight is 244 g/mol. The molecule has 1 saturated carbocycles. The molecule has 1 heterocycles. The lowest BCUT2D eigenvalue weighted by Crippen LogP contribution is -2.35. The van der Waals surface area contributed by atoms with Crippen molar-refractivity contribution in [1.29, 1.82) is 0 Å². The lowest BCUT2D eigenvalue weighted by Gasteiger charge is -2.32. The Labute approximate surface area is 110 Å². The summed E-state index contributed by atoms with van der Waals surface area (Å²) in [7, 11) is 0. The van der Waals surface area contributed by atoms with Crippen molar-refractivity contribution in [3.63, 3.8) is 0 Å². The van der Waals surface area contributed by atoms with E-state index in [0.717, 1.165) is 25.9 Å². The molecule has 2 aliphatic rings.